The monoisotopic (exact) mass is 344 g/mol. The van der Waals surface area contributed by atoms with Gasteiger partial charge in [0.25, 0.3) is 5.69 Å². The van der Waals surface area contributed by atoms with Crippen LogP contribution >= 0.6 is 11.6 Å². The number of H-pyrrole nitrogens is 1. The number of benzene rings is 2. The summed E-state index contributed by atoms with van der Waals surface area (Å²) >= 11 is 5.96. The molecule has 2 aromatic carbocycles. The summed E-state index contributed by atoms with van der Waals surface area (Å²) in [6, 6.07) is 11.4. The van der Waals surface area contributed by atoms with E-state index in [4.69, 9.17) is 16.3 Å². The number of carbonyl (C=O) groups is 1. The highest BCUT2D eigenvalue weighted by Crippen LogP contribution is 2.29. The van der Waals surface area contributed by atoms with Crippen molar-refractivity contribution in [2.75, 3.05) is 6.61 Å². The van der Waals surface area contributed by atoms with E-state index in [2.05, 4.69) is 4.98 Å². The van der Waals surface area contributed by atoms with Crippen LogP contribution in [0.25, 0.3) is 10.9 Å². The number of halogens is 1. The van der Waals surface area contributed by atoms with Gasteiger partial charge in [-0.3, -0.25) is 14.9 Å². The third-order valence-electron chi connectivity index (χ3n) is 3.66. The zero-order chi connectivity index (χ0) is 17.3. The molecule has 0 bridgehead atoms. The number of Topliss-reactive ketones (excluding diaryl/α,β-unsaturated/α-hetero) is 1. The number of carbonyl (C=O) groups excluding carboxylic acids is 1. The lowest BCUT2D eigenvalue weighted by Crippen LogP contribution is -2.12. The van der Waals surface area contributed by atoms with Crippen molar-refractivity contribution < 1.29 is 14.5 Å². The molecule has 0 saturated carbocycles. The maximum Gasteiger partial charge on any atom is 0.271 e. The molecule has 0 amide bonds. The van der Waals surface area contributed by atoms with Crippen molar-refractivity contribution in [3.05, 3.63) is 68.9 Å². The molecule has 3 aromatic rings. The Labute approximate surface area is 142 Å². The van der Waals surface area contributed by atoms with E-state index in [1.165, 1.54) is 18.2 Å². The molecule has 0 fully saturated rings. The second kappa shape index (κ2) is 6.33. The first-order chi connectivity index (χ1) is 11.5. The van der Waals surface area contributed by atoms with Crippen LogP contribution in [-0.4, -0.2) is 22.3 Å². The Morgan fingerprint density at radius 2 is 2.04 bits per heavy atom. The third kappa shape index (κ3) is 2.96. The summed E-state index contributed by atoms with van der Waals surface area (Å²) in [5.74, 6) is 0.0347. The number of nitrogens with zero attached hydrogens (tertiary/aromatic N) is 1. The van der Waals surface area contributed by atoms with E-state index >= 15 is 0 Å². The number of aryl methyl sites for hydroxylation is 1. The van der Waals surface area contributed by atoms with Crippen LogP contribution in [0, 0.1) is 17.0 Å². The van der Waals surface area contributed by atoms with Crippen LogP contribution in [0.4, 0.5) is 5.69 Å². The molecule has 0 saturated heterocycles. The fourth-order valence-corrected chi connectivity index (χ4v) is 2.80. The summed E-state index contributed by atoms with van der Waals surface area (Å²) in [5.41, 5.74) is 2.08. The molecule has 122 valence electrons. The Morgan fingerprint density at radius 1 is 1.29 bits per heavy atom. The molecular weight excluding hydrogens is 332 g/mol. The van der Waals surface area contributed by atoms with Gasteiger partial charge in [-0.2, -0.15) is 0 Å². The zero-order valence-corrected chi connectivity index (χ0v) is 13.5. The number of fused-ring (bicyclic) bond motifs is 1. The molecule has 1 heterocycles. The van der Waals surface area contributed by atoms with Crippen LogP contribution in [0.2, 0.25) is 5.02 Å². The number of nitrogens with one attached hydrogen (secondary N) is 1. The lowest BCUT2D eigenvalue weighted by Gasteiger charge is -2.07. The predicted molar refractivity (Wildman–Crippen MR) is 91.0 cm³/mol. The number of hydrogen-bond donors (Lipinski definition) is 1. The van der Waals surface area contributed by atoms with Crippen LogP contribution in [0.15, 0.2) is 42.5 Å². The minimum Gasteiger partial charge on any atom is -0.484 e. The van der Waals surface area contributed by atoms with Gasteiger partial charge in [-0.05, 0) is 19.1 Å². The van der Waals surface area contributed by atoms with E-state index in [-0.39, 0.29) is 28.8 Å². The molecule has 0 aliphatic carbocycles. The van der Waals surface area contributed by atoms with E-state index in [1.54, 1.807) is 0 Å². The fraction of sp³-hybridized carbons (Fsp3) is 0.118. The highest BCUT2D eigenvalue weighted by Gasteiger charge is 2.17. The van der Waals surface area contributed by atoms with Crippen LogP contribution in [-0.2, 0) is 0 Å². The number of rotatable bonds is 5. The summed E-state index contributed by atoms with van der Waals surface area (Å²) in [5, 5.41) is 11.6. The minimum absolute atomic E-state index is 0.0904. The molecule has 0 radical (unpaired) electrons. The van der Waals surface area contributed by atoms with Gasteiger partial charge in [0, 0.05) is 34.3 Å². The lowest BCUT2D eigenvalue weighted by atomic mass is 10.1. The Hall–Kier alpha value is -2.86. The van der Waals surface area contributed by atoms with Crippen molar-refractivity contribution in [3.8, 4) is 5.75 Å². The van der Waals surface area contributed by atoms with E-state index in [0.29, 0.717) is 5.56 Å². The van der Waals surface area contributed by atoms with Gasteiger partial charge in [-0.25, -0.2) is 0 Å². The smallest absolute Gasteiger partial charge is 0.271 e. The third-order valence-corrected chi connectivity index (χ3v) is 3.95. The number of nitro benzene ring substituents is 1. The van der Waals surface area contributed by atoms with E-state index in [9.17, 15) is 14.9 Å². The molecule has 0 aliphatic rings. The van der Waals surface area contributed by atoms with Gasteiger partial charge in [0.1, 0.15) is 5.75 Å². The van der Waals surface area contributed by atoms with Crippen LogP contribution in [0.3, 0.4) is 0 Å². The van der Waals surface area contributed by atoms with Crippen molar-refractivity contribution >= 4 is 34.0 Å². The molecule has 3 rings (SSSR count). The number of hydrogen-bond acceptors (Lipinski definition) is 4. The average Bonchev–Trinajstić information content (AvgIpc) is 2.89. The molecule has 1 N–H and O–H groups in total. The van der Waals surface area contributed by atoms with Crippen LogP contribution in [0.5, 0.6) is 5.75 Å². The zero-order valence-electron chi connectivity index (χ0n) is 12.7. The highest BCUT2D eigenvalue weighted by molar-refractivity contribution is 6.32. The van der Waals surface area contributed by atoms with Crippen molar-refractivity contribution in [1.29, 1.82) is 0 Å². The molecule has 0 atom stereocenters. The highest BCUT2D eigenvalue weighted by atomic mass is 35.5. The Bertz CT molecular complexity index is 949. The molecule has 0 aliphatic heterocycles. The Balaban J connectivity index is 1.80. The molecular formula is C17H13ClN2O4. The molecule has 0 unspecified atom stereocenters. The van der Waals surface area contributed by atoms with Gasteiger partial charge in [0.2, 0.25) is 5.78 Å². The van der Waals surface area contributed by atoms with Crippen molar-refractivity contribution in [3.63, 3.8) is 0 Å². The fourth-order valence-electron chi connectivity index (χ4n) is 2.57. The molecule has 0 spiro atoms. The number of ketones is 1. The molecule has 24 heavy (non-hydrogen) atoms. The lowest BCUT2D eigenvalue weighted by molar-refractivity contribution is -0.384. The summed E-state index contributed by atoms with van der Waals surface area (Å²) in [7, 11) is 0. The van der Waals surface area contributed by atoms with Crippen LogP contribution < -0.4 is 4.74 Å². The van der Waals surface area contributed by atoms with E-state index < -0.39 is 4.92 Å². The van der Waals surface area contributed by atoms with Crippen molar-refractivity contribution in [2.24, 2.45) is 0 Å². The van der Waals surface area contributed by atoms with Crippen molar-refractivity contribution in [2.45, 2.75) is 6.92 Å². The first-order valence-corrected chi connectivity index (χ1v) is 7.52. The molecule has 6 nitrogen and oxygen atoms in total. The van der Waals surface area contributed by atoms with Gasteiger partial charge < -0.3 is 9.72 Å². The van der Waals surface area contributed by atoms with Gasteiger partial charge in [0.05, 0.1) is 9.95 Å². The van der Waals surface area contributed by atoms with Crippen molar-refractivity contribution in [1.82, 2.24) is 4.98 Å². The first-order valence-electron chi connectivity index (χ1n) is 7.14. The summed E-state index contributed by atoms with van der Waals surface area (Å²) in [6.07, 6.45) is 0. The van der Waals surface area contributed by atoms with Gasteiger partial charge in [-0.15, -0.1) is 0 Å². The van der Waals surface area contributed by atoms with Gasteiger partial charge in [-0.1, -0.05) is 29.8 Å². The predicted octanol–water partition coefficient (Wildman–Crippen LogP) is 4.30. The second-order valence-corrected chi connectivity index (χ2v) is 5.66. The summed E-state index contributed by atoms with van der Waals surface area (Å²) < 4.78 is 5.44. The quantitative estimate of drug-likeness (QED) is 0.425. The van der Waals surface area contributed by atoms with Crippen LogP contribution in [0.1, 0.15) is 16.1 Å². The van der Waals surface area contributed by atoms with Gasteiger partial charge in [0.15, 0.2) is 6.61 Å². The topological polar surface area (TPSA) is 85.2 Å². The normalized spacial score (nSPS) is 10.8. The molecule has 7 heteroatoms. The first kappa shape index (κ1) is 16.0. The van der Waals surface area contributed by atoms with E-state index in [0.717, 1.165) is 16.6 Å². The maximum atomic E-state index is 12.5. The standard InChI is InChI=1S/C17H13ClN2O4/c1-10-17(12-4-2-3-5-14(12)19-10)15(21)9-24-16-7-6-11(20(22)23)8-13(16)18/h2-8,19H,9H2,1H3. The number of ether oxygens (including phenoxy) is 1. The number of aromatic nitrogens is 1. The summed E-state index contributed by atoms with van der Waals surface area (Å²) in [4.78, 5) is 25.8. The summed E-state index contributed by atoms with van der Waals surface area (Å²) in [6.45, 7) is 1.62. The number of para-hydroxylation sites is 1. The maximum absolute atomic E-state index is 12.5. The Kier molecular flexibility index (Phi) is 4.22. The number of non-ortho nitro benzene ring substituents is 1. The number of nitro groups is 1. The largest absolute Gasteiger partial charge is 0.484 e. The SMILES string of the molecule is Cc1[nH]c2ccccc2c1C(=O)COc1ccc([N+](=O)[O-])cc1Cl. The average molecular weight is 345 g/mol. The second-order valence-electron chi connectivity index (χ2n) is 5.25. The Morgan fingerprint density at radius 3 is 2.75 bits per heavy atom. The minimum atomic E-state index is -0.546. The molecule has 1 aromatic heterocycles. The van der Waals surface area contributed by atoms with E-state index in [1.807, 2.05) is 31.2 Å². The van der Waals surface area contributed by atoms with Gasteiger partial charge >= 0.3 is 0 Å². The number of aromatic amines is 1.